The molecule has 0 fully saturated rings. The molecule has 98 valence electrons. The first-order chi connectivity index (χ1) is 7.90. The van der Waals surface area contributed by atoms with Gasteiger partial charge in [-0.3, -0.25) is 0 Å². The number of ether oxygens (including phenoxy) is 1. The maximum Gasteiger partial charge on any atom is 0.144 e. The van der Waals surface area contributed by atoms with Crippen LogP contribution in [0, 0.1) is 0 Å². The van der Waals surface area contributed by atoms with Crippen LogP contribution < -0.4 is 0 Å². The molecule has 1 heterocycles. The minimum atomic E-state index is 0.0121. The summed E-state index contributed by atoms with van der Waals surface area (Å²) in [6.45, 7) is 8.59. The summed E-state index contributed by atoms with van der Waals surface area (Å²) >= 11 is 3.46. The maximum atomic E-state index is 5.26. The average Bonchev–Trinajstić information content (AvgIpc) is 2.68. The fourth-order valence-corrected chi connectivity index (χ4v) is 2.19. The molecule has 0 saturated carbocycles. The van der Waals surface area contributed by atoms with E-state index < -0.39 is 0 Å². The highest BCUT2D eigenvalue weighted by Crippen LogP contribution is 2.21. The number of rotatable bonds is 5. The van der Waals surface area contributed by atoms with Crippen molar-refractivity contribution in [3.63, 3.8) is 0 Å². The number of hydrogen-bond donors (Lipinski definition) is 0. The highest BCUT2D eigenvalue weighted by molar-refractivity contribution is 9.08. The second kappa shape index (κ2) is 5.96. The van der Waals surface area contributed by atoms with Crippen LogP contribution in [0.1, 0.15) is 45.8 Å². The van der Waals surface area contributed by atoms with Crippen LogP contribution in [-0.2, 0) is 22.0 Å². The van der Waals surface area contributed by atoms with E-state index in [1.807, 2.05) is 0 Å². The van der Waals surface area contributed by atoms with Crippen LogP contribution in [0.4, 0.5) is 0 Å². The molecule has 1 aromatic rings. The Morgan fingerprint density at radius 1 is 1.29 bits per heavy atom. The monoisotopic (exact) mass is 303 g/mol. The molecule has 1 aromatic heterocycles. The Kier molecular flexibility index (Phi) is 5.13. The Morgan fingerprint density at radius 2 is 1.88 bits per heavy atom. The number of aromatic nitrogens is 3. The molecule has 0 bridgehead atoms. The lowest BCUT2D eigenvalue weighted by Gasteiger charge is -2.25. The summed E-state index contributed by atoms with van der Waals surface area (Å²) in [5.41, 5.74) is 0.0121. The fourth-order valence-electron chi connectivity index (χ4n) is 1.83. The van der Waals surface area contributed by atoms with E-state index >= 15 is 0 Å². The van der Waals surface area contributed by atoms with Crippen LogP contribution in [0.25, 0.3) is 0 Å². The summed E-state index contributed by atoms with van der Waals surface area (Å²) in [6.07, 6.45) is 2.12. The molecule has 0 saturated heterocycles. The van der Waals surface area contributed by atoms with E-state index in [2.05, 4.69) is 58.4 Å². The van der Waals surface area contributed by atoms with Crippen molar-refractivity contribution in [2.24, 2.45) is 0 Å². The van der Waals surface area contributed by atoms with E-state index in [4.69, 9.17) is 4.74 Å². The van der Waals surface area contributed by atoms with Crippen molar-refractivity contribution in [1.82, 2.24) is 14.8 Å². The second-order valence-electron chi connectivity index (χ2n) is 5.26. The Labute approximate surface area is 112 Å². The molecule has 1 atom stereocenters. The summed E-state index contributed by atoms with van der Waals surface area (Å²) in [5.74, 6) is 2.02. The van der Waals surface area contributed by atoms with Crippen LogP contribution in [0.15, 0.2) is 0 Å². The lowest BCUT2D eigenvalue weighted by Crippen LogP contribution is -2.26. The van der Waals surface area contributed by atoms with E-state index in [0.717, 1.165) is 29.8 Å². The third kappa shape index (κ3) is 3.78. The van der Waals surface area contributed by atoms with Crippen molar-refractivity contribution in [3.8, 4) is 0 Å². The van der Waals surface area contributed by atoms with E-state index in [9.17, 15) is 0 Å². The van der Waals surface area contributed by atoms with Gasteiger partial charge in [0.25, 0.3) is 0 Å². The molecule has 0 N–H and O–H groups in total. The van der Waals surface area contributed by atoms with Gasteiger partial charge < -0.3 is 9.30 Å². The first-order valence-corrected chi connectivity index (χ1v) is 7.04. The first-order valence-electron chi connectivity index (χ1n) is 5.92. The minimum Gasteiger partial charge on any atom is -0.382 e. The normalized spacial score (nSPS) is 14.0. The molecule has 0 radical (unpaired) electrons. The molecule has 0 aliphatic heterocycles. The zero-order valence-corrected chi connectivity index (χ0v) is 12.9. The molecule has 0 aliphatic rings. The minimum absolute atomic E-state index is 0.0121. The summed E-state index contributed by atoms with van der Waals surface area (Å²) in [4.78, 5) is 0. The number of halogens is 1. The molecule has 0 amide bonds. The smallest absolute Gasteiger partial charge is 0.144 e. The number of hydrogen-bond acceptors (Lipinski definition) is 3. The third-order valence-electron chi connectivity index (χ3n) is 2.76. The standard InChI is InChI=1S/C12H22BrN3O/c1-9(17-5)6-7-10-14-15-11(8-13)16(10)12(2,3)4/h9H,6-8H2,1-5H3. The largest absolute Gasteiger partial charge is 0.382 e. The van der Waals surface area contributed by atoms with Crippen LogP contribution in [0.3, 0.4) is 0 Å². The van der Waals surface area contributed by atoms with E-state index in [-0.39, 0.29) is 11.6 Å². The molecule has 4 nitrogen and oxygen atoms in total. The predicted molar refractivity (Wildman–Crippen MR) is 72.4 cm³/mol. The molecule has 0 aromatic carbocycles. The van der Waals surface area contributed by atoms with Gasteiger partial charge in [0.1, 0.15) is 11.6 Å². The van der Waals surface area contributed by atoms with Crippen LogP contribution in [0.5, 0.6) is 0 Å². The SMILES string of the molecule is COC(C)CCc1nnc(CBr)n1C(C)(C)C. The quantitative estimate of drug-likeness (QED) is 0.785. The van der Waals surface area contributed by atoms with Gasteiger partial charge in [-0.15, -0.1) is 10.2 Å². The molecule has 5 heteroatoms. The summed E-state index contributed by atoms with van der Waals surface area (Å²) in [6, 6.07) is 0. The topological polar surface area (TPSA) is 39.9 Å². The van der Waals surface area contributed by atoms with Gasteiger partial charge in [0, 0.05) is 19.1 Å². The van der Waals surface area contributed by atoms with Gasteiger partial charge in [0.05, 0.1) is 11.4 Å². The second-order valence-corrected chi connectivity index (χ2v) is 5.82. The Morgan fingerprint density at radius 3 is 2.35 bits per heavy atom. The lowest BCUT2D eigenvalue weighted by molar-refractivity contribution is 0.110. The van der Waals surface area contributed by atoms with Gasteiger partial charge in [0.2, 0.25) is 0 Å². The highest BCUT2D eigenvalue weighted by atomic mass is 79.9. The molecular formula is C12H22BrN3O. The van der Waals surface area contributed by atoms with Crippen molar-refractivity contribution in [2.45, 2.75) is 57.5 Å². The van der Waals surface area contributed by atoms with Gasteiger partial charge in [-0.2, -0.15) is 0 Å². The number of aryl methyl sites for hydroxylation is 1. The van der Waals surface area contributed by atoms with E-state index in [1.54, 1.807) is 7.11 Å². The molecule has 0 spiro atoms. The summed E-state index contributed by atoms with van der Waals surface area (Å²) in [5, 5.41) is 9.25. The van der Waals surface area contributed by atoms with E-state index in [0.29, 0.717) is 0 Å². The molecular weight excluding hydrogens is 282 g/mol. The Hall–Kier alpha value is -0.420. The van der Waals surface area contributed by atoms with Crippen molar-refractivity contribution < 1.29 is 4.74 Å². The van der Waals surface area contributed by atoms with Crippen molar-refractivity contribution in [3.05, 3.63) is 11.6 Å². The summed E-state index contributed by atoms with van der Waals surface area (Å²) in [7, 11) is 1.74. The van der Waals surface area contributed by atoms with E-state index in [1.165, 1.54) is 0 Å². The highest BCUT2D eigenvalue weighted by Gasteiger charge is 2.22. The van der Waals surface area contributed by atoms with Crippen molar-refractivity contribution in [2.75, 3.05) is 7.11 Å². The van der Waals surface area contributed by atoms with Crippen LogP contribution in [-0.4, -0.2) is 28.0 Å². The predicted octanol–water partition coefficient (Wildman–Crippen LogP) is 2.90. The molecule has 1 rings (SSSR count). The first kappa shape index (κ1) is 14.6. The Balaban J connectivity index is 2.89. The number of methoxy groups -OCH3 is 1. The zero-order valence-electron chi connectivity index (χ0n) is 11.3. The van der Waals surface area contributed by atoms with Gasteiger partial charge >= 0.3 is 0 Å². The third-order valence-corrected chi connectivity index (χ3v) is 3.27. The van der Waals surface area contributed by atoms with Gasteiger partial charge in [-0.05, 0) is 34.1 Å². The van der Waals surface area contributed by atoms with Crippen LogP contribution in [0.2, 0.25) is 0 Å². The van der Waals surface area contributed by atoms with Gasteiger partial charge in [-0.25, -0.2) is 0 Å². The fraction of sp³-hybridized carbons (Fsp3) is 0.833. The molecule has 0 aliphatic carbocycles. The zero-order chi connectivity index (χ0) is 13.1. The number of nitrogens with zero attached hydrogens (tertiary/aromatic N) is 3. The number of alkyl halides is 1. The van der Waals surface area contributed by atoms with Gasteiger partial charge in [-0.1, -0.05) is 15.9 Å². The Bertz CT molecular complexity index is 357. The van der Waals surface area contributed by atoms with Crippen LogP contribution >= 0.6 is 15.9 Å². The van der Waals surface area contributed by atoms with Gasteiger partial charge in [0.15, 0.2) is 0 Å². The van der Waals surface area contributed by atoms with Crippen molar-refractivity contribution in [1.29, 1.82) is 0 Å². The molecule has 17 heavy (non-hydrogen) atoms. The summed E-state index contributed by atoms with van der Waals surface area (Å²) < 4.78 is 7.48. The lowest BCUT2D eigenvalue weighted by atomic mass is 10.1. The van der Waals surface area contributed by atoms with Crippen molar-refractivity contribution >= 4 is 15.9 Å². The maximum absolute atomic E-state index is 5.26. The average molecular weight is 304 g/mol. The molecule has 1 unspecified atom stereocenters.